The molecule has 0 heterocycles. The van der Waals surface area contributed by atoms with Gasteiger partial charge in [0.05, 0.1) is 13.2 Å². The average Bonchev–Trinajstić information content (AvgIpc) is 3.39. The molecule has 1 aromatic rings. The van der Waals surface area contributed by atoms with Gasteiger partial charge in [-0.25, -0.2) is 4.79 Å². The predicted octanol–water partition coefficient (Wildman–Crippen LogP) is 2.25. The molecule has 0 aliphatic heterocycles. The minimum atomic E-state index is -0.473. The number of hydrogen-bond donors (Lipinski definition) is 2. The minimum Gasteiger partial charge on any atom is -0.383 e. The van der Waals surface area contributed by atoms with Gasteiger partial charge in [-0.15, -0.1) is 0 Å². The fourth-order valence-corrected chi connectivity index (χ4v) is 2.66. The van der Waals surface area contributed by atoms with Gasteiger partial charge >= 0.3 is 6.03 Å². The molecule has 0 atom stereocenters. The van der Waals surface area contributed by atoms with Gasteiger partial charge in [-0.1, -0.05) is 38.1 Å². The summed E-state index contributed by atoms with van der Waals surface area (Å²) in [4.78, 5) is 25.9. The van der Waals surface area contributed by atoms with Crippen molar-refractivity contribution in [2.24, 2.45) is 0 Å². The lowest BCUT2D eigenvalue weighted by Gasteiger charge is -2.21. The van der Waals surface area contributed by atoms with Crippen LogP contribution in [0.3, 0.4) is 0 Å². The summed E-state index contributed by atoms with van der Waals surface area (Å²) < 4.78 is 4.86. The highest BCUT2D eigenvalue weighted by molar-refractivity contribution is 5.95. The summed E-state index contributed by atoms with van der Waals surface area (Å²) in [5.41, 5.74) is 2.50. The molecule has 0 saturated heterocycles. The third kappa shape index (κ3) is 6.84. The highest BCUT2D eigenvalue weighted by Gasteiger charge is 2.30. The number of urea groups is 1. The number of methoxy groups -OCH3 is 1. The second-order valence-electron chi connectivity index (χ2n) is 6.83. The fraction of sp³-hybridized carbons (Fsp3) is 0.579. The Kier molecular flexibility index (Phi) is 7.40. The molecule has 0 radical (unpaired) electrons. The Labute approximate surface area is 149 Å². The monoisotopic (exact) mass is 347 g/mol. The quantitative estimate of drug-likeness (QED) is 0.672. The number of carbonyl (C=O) groups is 2. The lowest BCUT2D eigenvalue weighted by molar-refractivity contribution is -0.121. The molecule has 1 fully saturated rings. The Morgan fingerprint density at radius 1 is 1.24 bits per heavy atom. The van der Waals surface area contributed by atoms with Crippen molar-refractivity contribution in [2.75, 3.05) is 26.8 Å². The number of ether oxygens (including phenoxy) is 1. The van der Waals surface area contributed by atoms with E-state index in [4.69, 9.17) is 4.74 Å². The van der Waals surface area contributed by atoms with E-state index in [0.717, 1.165) is 19.4 Å². The number of carbonyl (C=O) groups excluding carboxylic acids is 2. The number of amides is 3. The van der Waals surface area contributed by atoms with Gasteiger partial charge in [0.25, 0.3) is 0 Å². The van der Waals surface area contributed by atoms with E-state index in [9.17, 15) is 9.59 Å². The molecule has 1 aromatic carbocycles. The highest BCUT2D eigenvalue weighted by Crippen LogP contribution is 2.28. The zero-order chi connectivity index (χ0) is 18.2. The van der Waals surface area contributed by atoms with Crippen LogP contribution >= 0.6 is 0 Å². The molecule has 0 spiro atoms. The topological polar surface area (TPSA) is 70.7 Å². The van der Waals surface area contributed by atoms with Crippen molar-refractivity contribution in [2.45, 2.75) is 45.2 Å². The molecule has 25 heavy (non-hydrogen) atoms. The molecule has 1 aliphatic rings. The van der Waals surface area contributed by atoms with Gasteiger partial charge in [0, 0.05) is 26.2 Å². The second-order valence-corrected chi connectivity index (χ2v) is 6.83. The van der Waals surface area contributed by atoms with Gasteiger partial charge in [-0.05, 0) is 29.9 Å². The number of benzene rings is 1. The third-order valence-corrected chi connectivity index (χ3v) is 4.29. The standard InChI is InChI=1S/C19H29N3O3/c1-14(2)16-6-4-15(5-7-16)12-22(17-8-9-17)13-18(23)21-19(24)20-10-11-25-3/h4-7,14,17H,8-13H2,1-3H3,(H2,20,21,23,24). The van der Waals surface area contributed by atoms with E-state index >= 15 is 0 Å². The van der Waals surface area contributed by atoms with Crippen LogP contribution in [0.4, 0.5) is 4.79 Å². The molecule has 6 nitrogen and oxygen atoms in total. The van der Waals surface area contributed by atoms with Crippen LogP contribution in [0, 0.1) is 0 Å². The zero-order valence-corrected chi connectivity index (χ0v) is 15.4. The molecule has 0 aromatic heterocycles. The Morgan fingerprint density at radius 3 is 2.48 bits per heavy atom. The summed E-state index contributed by atoms with van der Waals surface area (Å²) in [5.74, 6) is 0.233. The largest absolute Gasteiger partial charge is 0.383 e. The summed E-state index contributed by atoms with van der Waals surface area (Å²) in [7, 11) is 1.56. The van der Waals surface area contributed by atoms with E-state index in [-0.39, 0.29) is 12.5 Å². The summed E-state index contributed by atoms with van der Waals surface area (Å²) >= 11 is 0. The molecule has 1 saturated carbocycles. The normalized spacial score (nSPS) is 14.0. The minimum absolute atomic E-state index is 0.230. The molecule has 138 valence electrons. The van der Waals surface area contributed by atoms with Crippen LogP contribution in [0.5, 0.6) is 0 Å². The van der Waals surface area contributed by atoms with Crippen LogP contribution in [0.25, 0.3) is 0 Å². The van der Waals surface area contributed by atoms with Crippen LogP contribution in [0.2, 0.25) is 0 Å². The highest BCUT2D eigenvalue weighted by atomic mass is 16.5. The number of nitrogens with one attached hydrogen (secondary N) is 2. The number of imide groups is 1. The van der Waals surface area contributed by atoms with Gasteiger partial charge in [0.15, 0.2) is 0 Å². The van der Waals surface area contributed by atoms with Crippen molar-refractivity contribution in [3.8, 4) is 0 Å². The van der Waals surface area contributed by atoms with Crippen molar-refractivity contribution in [1.82, 2.24) is 15.5 Å². The van der Waals surface area contributed by atoms with E-state index in [2.05, 4.69) is 53.6 Å². The molecular formula is C19H29N3O3. The first-order chi connectivity index (χ1) is 12.0. The maximum absolute atomic E-state index is 12.1. The van der Waals surface area contributed by atoms with E-state index in [1.807, 2.05) is 0 Å². The predicted molar refractivity (Wildman–Crippen MR) is 97.4 cm³/mol. The summed E-state index contributed by atoms with van der Waals surface area (Å²) in [6.45, 7) is 6.10. The molecule has 3 amide bonds. The molecule has 2 N–H and O–H groups in total. The molecule has 0 bridgehead atoms. The van der Waals surface area contributed by atoms with Crippen LogP contribution < -0.4 is 10.6 Å². The van der Waals surface area contributed by atoms with Crippen LogP contribution in [-0.4, -0.2) is 49.7 Å². The lowest BCUT2D eigenvalue weighted by atomic mass is 10.0. The molecule has 1 aliphatic carbocycles. The van der Waals surface area contributed by atoms with E-state index < -0.39 is 6.03 Å². The molecule has 2 rings (SSSR count). The van der Waals surface area contributed by atoms with Crippen LogP contribution in [0.15, 0.2) is 24.3 Å². The maximum Gasteiger partial charge on any atom is 0.321 e. The second kappa shape index (κ2) is 9.53. The van der Waals surface area contributed by atoms with Gasteiger partial charge in [-0.3, -0.25) is 15.0 Å². The Morgan fingerprint density at radius 2 is 1.92 bits per heavy atom. The van der Waals surface area contributed by atoms with Crippen molar-refractivity contribution < 1.29 is 14.3 Å². The van der Waals surface area contributed by atoms with Crippen LogP contribution in [-0.2, 0) is 16.1 Å². The van der Waals surface area contributed by atoms with E-state index in [1.54, 1.807) is 7.11 Å². The van der Waals surface area contributed by atoms with E-state index in [0.29, 0.717) is 25.1 Å². The zero-order valence-electron chi connectivity index (χ0n) is 15.4. The lowest BCUT2D eigenvalue weighted by Crippen LogP contribution is -2.45. The first kappa shape index (κ1) is 19.4. The van der Waals surface area contributed by atoms with Gasteiger partial charge < -0.3 is 10.1 Å². The number of rotatable bonds is 9. The smallest absolute Gasteiger partial charge is 0.321 e. The maximum atomic E-state index is 12.1. The van der Waals surface area contributed by atoms with Gasteiger partial charge in [0.2, 0.25) is 5.91 Å². The number of nitrogens with zero attached hydrogens (tertiary/aromatic N) is 1. The van der Waals surface area contributed by atoms with Gasteiger partial charge in [0.1, 0.15) is 0 Å². The fourth-order valence-electron chi connectivity index (χ4n) is 2.66. The Bertz CT molecular complexity index is 568. The molecule has 0 unspecified atom stereocenters. The average molecular weight is 347 g/mol. The van der Waals surface area contributed by atoms with E-state index in [1.165, 1.54) is 11.1 Å². The van der Waals surface area contributed by atoms with Crippen molar-refractivity contribution in [3.05, 3.63) is 35.4 Å². The van der Waals surface area contributed by atoms with Crippen LogP contribution in [0.1, 0.15) is 43.7 Å². The SMILES string of the molecule is COCCNC(=O)NC(=O)CN(Cc1ccc(C(C)C)cc1)C1CC1. The first-order valence-corrected chi connectivity index (χ1v) is 8.89. The first-order valence-electron chi connectivity index (χ1n) is 8.89. The summed E-state index contributed by atoms with van der Waals surface area (Å²) in [5, 5.41) is 4.96. The van der Waals surface area contributed by atoms with Crippen molar-refractivity contribution in [1.29, 1.82) is 0 Å². The van der Waals surface area contributed by atoms with Gasteiger partial charge in [-0.2, -0.15) is 0 Å². The Balaban J connectivity index is 1.84. The van der Waals surface area contributed by atoms with Crippen molar-refractivity contribution >= 4 is 11.9 Å². The Hall–Kier alpha value is -1.92. The number of hydrogen-bond acceptors (Lipinski definition) is 4. The summed E-state index contributed by atoms with van der Waals surface area (Å²) in [6.07, 6.45) is 2.22. The summed E-state index contributed by atoms with van der Waals surface area (Å²) in [6, 6.07) is 8.51. The van der Waals surface area contributed by atoms with Crippen molar-refractivity contribution in [3.63, 3.8) is 0 Å². The molecular weight excluding hydrogens is 318 g/mol. The molecule has 6 heteroatoms. The third-order valence-electron chi connectivity index (χ3n) is 4.29.